The van der Waals surface area contributed by atoms with Crippen molar-refractivity contribution >= 4 is 40.5 Å². The van der Waals surface area contributed by atoms with Gasteiger partial charge >= 0.3 is 6.03 Å². The molecule has 0 spiro atoms. The molecule has 35 heavy (non-hydrogen) atoms. The first-order valence-corrected chi connectivity index (χ1v) is 11.3. The molecule has 2 heterocycles. The molecular formula is C28H24N4O3. The monoisotopic (exact) mass is 464 g/mol. The summed E-state index contributed by atoms with van der Waals surface area (Å²) in [6.45, 7) is 2.29. The van der Waals surface area contributed by atoms with E-state index in [2.05, 4.69) is 10.6 Å². The first-order chi connectivity index (χ1) is 17.0. The predicted octanol–water partition coefficient (Wildman–Crippen LogP) is 4.68. The quantitative estimate of drug-likeness (QED) is 0.321. The molecule has 2 N–H and O–H groups in total. The van der Waals surface area contributed by atoms with Crippen LogP contribution in [0.15, 0.2) is 90.8 Å². The van der Waals surface area contributed by atoms with Crippen molar-refractivity contribution in [3.63, 3.8) is 0 Å². The van der Waals surface area contributed by atoms with Crippen molar-refractivity contribution in [3.05, 3.63) is 107 Å². The number of amides is 4. The van der Waals surface area contributed by atoms with E-state index >= 15 is 0 Å². The van der Waals surface area contributed by atoms with Crippen LogP contribution in [0.1, 0.15) is 16.7 Å². The number of nitrogens with zero attached hydrogens (tertiary/aromatic N) is 2. The molecule has 3 aromatic carbocycles. The van der Waals surface area contributed by atoms with Gasteiger partial charge in [-0.2, -0.15) is 0 Å². The fourth-order valence-corrected chi connectivity index (χ4v) is 4.14. The molecule has 7 heteroatoms. The van der Waals surface area contributed by atoms with Gasteiger partial charge in [-0.25, -0.2) is 4.79 Å². The van der Waals surface area contributed by atoms with E-state index in [0.29, 0.717) is 0 Å². The Bertz CT molecular complexity index is 1450. The first kappa shape index (κ1) is 22.2. The lowest BCUT2D eigenvalue weighted by Gasteiger charge is -2.11. The Labute approximate surface area is 202 Å². The molecule has 4 amide bonds. The molecule has 0 saturated carbocycles. The number of carbonyl (C=O) groups excluding carboxylic acids is 3. The Hall–Kier alpha value is -4.65. The highest BCUT2D eigenvalue weighted by molar-refractivity contribution is 6.14. The van der Waals surface area contributed by atoms with E-state index in [1.807, 2.05) is 96.6 Å². The lowest BCUT2D eigenvalue weighted by atomic mass is 10.1. The fourth-order valence-electron chi connectivity index (χ4n) is 4.14. The van der Waals surface area contributed by atoms with Gasteiger partial charge in [-0.1, -0.05) is 66.2 Å². The molecule has 5 rings (SSSR count). The van der Waals surface area contributed by atoms with E-state index in [0.717, 1.165) is 33.3 Å². The van der Waals surface area contributed by atoms with E-state index < -0.39 is 6.03 Å². The van der Waals surface area contributed by atoms with Crippen LogP contribution in [0.2, 0.25) is 0 Å². The number of anilines is 1. The number of hydrogen-bond donors (Lipinski definition) is 2. The highest BCUT2D eigenvalue weighted by Crippen LogP contribution is 2.25. The lowest BCUT2D eigenvalue weighted by Crippen LogP contribution is -2.30. The van der Waals surface area contributed by atoms with E-state index in [4.69, 9.17) is 0 Å². The molecule has 1 aromatic heterocycles. The van der Waals surface area contributed by atoms with Gasteiger partial charge in [-0.15, -0.1) is 0 Å². The molecule has 0 aliphatic carbocycles. The van der Waals surface area contributed by atoms with Crippen molar-refractivity contribution in [2.24, 2.45) is 0 Å². The number of hydrogen-bond acceptors (Lipinski definition) is 3. The van der Waals surface area contributed by atoms with Crippen LogP contribution in [0, 0.1) is 6.92 Å². The van der Waals surface area contributed by atoms with E-state index in [-0.39, 0.29) is 30.6 Å². The van der Waals surface area contributed by atoms with Crippen LogP contribution in [0.25, 0.3) is 17.0 Å². The van der Waals surface area contributed by atoms with Crippen LogP contribution in [0.5, 0.6) is 0 Å². The zero-order valence-corrected chi connectivity index (χ0v) is 19.2. The maximum absolute atomic E-state index is 13.0. The summed E-state index contributed by atoms with van der Waals surface area (Å²) < 4.78 is 1.84. The van der Waals surface area contributed by atoms with E-state index in [1.165, 1.54) is 4.90 Å². The van der Waals surface area contributed by atoms with Crippen LogP contribution in [0.3, 0.4) is 0 Å². The molecule has 1 saturated heterocycles. The van der Waals surface area contributed by atoms with E-state index in [1.54, 1.807) is 6.08 Å². The molecule has 0 bridgehead atoms. The minimum absolute atomic E-state index is 0.110. The average molecular weight is 465 g/mol. The summed E-state index contributed by atoms with van der Waals surface area (Å²) in [5.41, 5.74) is 4.52. The van der Waals surface area contributed by atoms with Gasteiger partial charge in [-0.3, -0.25) is 14.5 Å². The van der Waals surface area contributed by atoms with Crippen molar-refractivity contribution in [1.29, 1.82) is 0 Å². The Morgan fingerprint density at radius 3 is 2.43 bits per heavy atom. The number of rotatable bonds is 6. The first-order valence-electron chi connectivity index (χ1n) is 11.3. The third-order valence-electron chi connectivity index (χ3n) is 5.91. The summed E-state index contributed by atoms with van der Waals surface area (Å²) >= 11 is 0. The Morgan fingerprint density at radius 2 is 1.66 bits per heavy atom. The maximum atomic E-state index is 13.0. The molecule has 0 radical (unpaired) electrons. The van der Waals surface area contributed by atoms with Crippen LogP contribution >= 0.6 is 0 Å². The number of aryl methyl sites for hydroxylation is 1. The fraction of sp³-hybridized carbons (Fsp3) is 0.107. The Balaban J connectivity index is 1.39. The number of imide groups is 1. The normalized spacial score (nSPS) is 14.5. The Morgan fingerprint density at radius 1 is 0.943 bits per heavy atom. The topological polar surface area (TPSA) is 83.4 Å². The van der Waals surface area contributed by atoms with Crippen LogP contribution in [-0.4, -0.2) is 27.3 Å². The minimum Gasteiger partial charge on any atom is -0.337 e. The van der Waals surface area contributed by atoms with Crippen molar-refractivity contribution in [2.45, 2.75) is 20.0 Å². The molecule has 1 aliphatic rings. The number of benzene rings is 3. The standard InChI is InChI=1S/C28H24N4O3/c1-19-11-13-20(14-12-19)16-32-27(34)24(30-28(32)35)15-21-17-31(25-10-6-5-9-23(21)25)18-26(33)29-22-7-3-2-4-8-22/h2-15,17H,16,18H2,1H3,(H,29,33)(H,30,35). The summed E-state index contributed by atoms with van der Waals surface area (Å²) in [7, 11) is 0. The van der Waals surface area contributed by atoms with Gasteiger partial charge in [0.25, 0.3) is 5.91 Å². The summed E-state index contributed by atoms with van der Waals surface area (Å²) in [5, 5.41) is 6.46. The largest absolute Gasteiger partial charge is 0.337 e. The van der Waals surface area contributed by atoms with Crippen LogP contribution in [-0.2, 0) is 22.7 Å². The second-order valence-electron chi connectivity index (χ2n) is 8.51. The van der Waals surface area contributed by atoms with Gasteiger partial charge in [0.1, 0.15) is 12.2 Å². The number of nitrogens with one attached hydrogen (secondary N) is 2. The number of fused-ring (bicyclic) bond motifs is 1. The number of carbonyl (C=O) groups is 3. The van der Waals surface area contributed by atoms with Gasteiger partial charge in [0, 0.05) is 28.4 Å². The third-order valence-corrected chi connectivity index (χ3v) is 5.91. The molecule has 174 valence electrons. The maximum Gasteiger partial charge on any atom is 0.329 e. The van der Waals surface area contributed by atoms with Crippen molar-refractivity contribution in [3.8, 4) is 0 Å². The smallest absolute Gasteiger partial charge is 0.329 e. The number of para-hydroxylation sites is 2. The SMILES string of the molecule is Cc1ccc(CN2C(=O)NC(=Cc3cn(CC(=O)Nc4ccccc4)c4ccccc34)C2=O)cc1. The molecule has 1 fully saturated rings. The van der Waals surface area contributed by atoms with Gasteiger partial charge in [0.05, 0.1) is 6.54 Å². The second-order valence-corrected chi connectivity index (χ2v) is 8.51. The zero-order chi connectivity index (χ0) is 24.4. The van der Waals surface area contributed by atoms with Gasteiger partial charge < -0.3 is 15.2 Å². The predicted molar refractivity (Wildman–Crippen MR) is 135 cm³/mol. The zero-order valence-electron chi connectivity index (χ0n) is 19.2. The van der Waals surface area contributed by atoms with Gasteiger partial charge in [-0.05, 0) is 36.8 Å². The van der Waals surface area contributed by atoms with Crippen molar-refractivity contribution in [1.82, 2.24) is 14.8 Å². The summed E-state index contributed by atoms with van der Waals surface area (Å²) in [6, 6.07) is 24.2. The van der Waals surface area contributed by atoms with Crippen molar-refractivity contribution < 1.29 is 14.4 Å². The summed E-state index contributed by atoms with van der Waals surface area (Å²) in [4.78, 5) is 39.4. The molecule has 0 atom stereocenters. The molecule has 7 nitrogen and oxygen atoms in total. The van der Waals surface area contributed by atoms with Crippen LogP contribution in [0.4, 0.5) is 10.5 Å². The number of aromatic nitrogens is 1. The van der Waals surface area contributed by atoms with Crippen molar-refractivity contribution in [2.75, 3.05) is 5.32 Å². The molecule has 1 aliphatic heterocycles. The van der Waals surface area contributed by atoms with Crippen LogP contribution < -0.4 is 10.6 Å². The molecule has 0 unspecified atom stereocenters. The molecule has 4 aromatic rings. The minimum atomic E-state index is -0.451. The second kappa shape index (κ2) is 9.30. The lowest BCUT2D eigenvalue weighted by molar-refractivity contribution is -0.123. The Kier molecular flexibility index (Phi) is 5.89. The highest BCUT2D eigenvalue weighted by Gasteiger charge is 2.33. The summed E-state index contributed by atoms with van der Waals surface area (Å²) in [6.07, 6.45) is 3.49. The summed E-state index contributed by atoms with van der Waals surface area (Å²) in [5.74, 6) is -0.542. The van der Waals surface area contributed by atoms with Gasteiger partial charge in [0.2, 0.25) is 5.91 Å². The van der Waals surface area contributed by atoms with E-state index in [9.17, 15) is 14.4 Å². The van der Waals surface area contributed by atoms with Gasteiger partial charge in [0.15, 0.2) is 0 Å². The third kappa shape index (κ3) is 4.70. The average Bonchev–Trinajstić information content (AvgIpc) is 3.33. The number of urea groups is 1. The highest BCUT2D eigenvalue weighted by atomic mass is 16.2. The molecular weight excluding hydrogens is 440 g/mol.